The zero-order valence-electron chi connectivity index (χ0n) is 17.6. The van der Waals surface area contributed by atoms with E-state index in [0.29, 0.717) is 36.3 Å². The van der Waals surface area contributed by atoms with Crippen LogP contribution in [-0.2, 0) is 4.74 Å². The first-order valence-electron chi connectivity index (χ1n) is 10.4. The van der Waals surface area contributed by atoms with E-state index in [1.807, 2.05) is 24.3 Å². The van der Waals surface area contributed by atoms with E-state index in [0.717, 1.165) is 35.8 Å². The maximum absolute atomic E-state index is 9.02. The number of aryl methyl sites for hydroxylation is 1. The van der Waals surface area contributed by atoms with E-state index in [2.05, 4.69) is 60.6 Å². The Morgan fingerprint density at radius 1 is 1.06 bits per heavy atom. The number of anilines is 5. The molecule has 0 radical (unpaired) electrons. The number of benzene rings is 2. The molecule has 32 heavy (non-hydrogen) atoms. The van der Waals surface area contributed by atoms with Crippen LogP contribution in [0, 0.1) is 18.3 Å². The molecule has 4 aromatic rings. The fraction of sp³-hybridized carbons (Fsp3) is 0.217. The highest BCUT2D eigenvalue weighted by Crippen LogP contribution is 2.25. The standard InChI is InChI=1S/C23H22N8O/c1-15-3-2-4-18(13-15)26-22-27-19-20(28-22)29-23(25-17-7-5-16(14-24)6-8-17)30-21(19)31-9-11-32-12-10-31/h2-8,13H,9-12H2,1H3,(H3,25,26,27,28,29,30)/p+1. The Kier molecular flexibility index (Phi) is 5.27. The number of ether oxygens (including phenoxy) is 1. The normalized spacial score (nSPS) is 13.7. The van der Waals surface area contributed by atoms with E-state index in [1.165, 1.54) is 5.56 Å². The van der Waals surface area contributed by atoms with Gasteiger partial charge < -0.3 is 19.9 Å². The molecule has 9 nitrogen and oxygen atoms in total. The second-order valence-corrected chi connectivity index (χ2v) is 7.63. The maximum Gasteiger partial charge on any atom is 0.351 e. The summed E-state index contributed by atoms with van der Waals surface area (Å²) < 4.78 is 5.53. The van der Waals surface area contributed by atoms with Gasteiger partial charge in [0.1, 0.15) is 0 Å². The third-order valence-corrected chi connectivity index (χ3v) is 5.26. The number of nitrogens with one attached hydrogen (secondary N) is 4. The van der Waals surface area contributed by atoms with E-state index < -0.39 is 0 Å². The maximum atomic E-state index is 9.02. The van der Waals surface area contributed by atoms with E-state index in [4.69, 9.17) is 10.00 Å². The minimum Gasteiger partial charge on any atom is -0.376 e. The molecule has 4 N–H and O–H groups in total. The smallest absolute Gasteiger partial charge is 0.351 e. The van der Waals surface area contributed by atoms with Crippen molar-refractivity contribution >= 4 is 40.3 Å². The third kappa shape index (κ3) is 4.17. The SMILES string of the molecule is Cc1cccc(Nc2nc3nc(Nc4ccc(C#N)cc4)[nH+]c(N4CCOCC4)c3[nH]2)c1. The second-order valence-electron chi connectivity index (χ2n) is 7.63. The number of aromatic nitrogens is 4. The number of rotatable bonds is 5. The lowest BCUT2D eigenvalue weighted by molar-refractivity contribution is -0.349. The molecule has 0 spiro atoms. The van der Waals surface area contributed by atoms with Gasteiger partial charge in [0.2, 0.25) is 17.4 Å². The lowest BCUT2D eigenvalue weighted by atomic mass is 10.2. The first-order chi connectivity index (χ1) is 15.7. The first-order valence-corrected chi connectivity index (χ1v) is 10.4. The summed E-state index contributed by atoms with van der Waals surface area (Å²) in [7, 11) is 0. The van der Waals surface area contributed by atoms with Crippen LogP contribution in [-0.4, -0.2) is 41.3 Å². The summed E-state index contributed by atoms with van der Waals surface area (Å²) in [6.45, 7) is 4.92. The third-order valence-electron chi connectivity index (χ3n) is 5.26. The van der Waals surface area contributed by atoms with Crippen LogP contribution < -0.4 is 20.5 Å². The van der Waals surface area contributed by atoms with Gasteiger partial charge in [-0.15, -0.1) is 0 Å². The van der Waals surface area contributed by atoms with Gasteiger partial charge in [0, 0.05) is 5.69 Å². The molecule has 0 bridgehead atoms. The van der Waals surface area contributed by atoms with Crippen LogP contribution in [0.5, 0.6) is 0 Å². The van der Waals surface area contributed by atoms with Gasteiger partial charge in [-0.1, -0.05) is 17.1 Å². The molecule has 3 heterocycles. The van der Waals surface area contributed by atoms with Crippen LogP contribution in [0.4, 0.5) is 29.1 Å². The summed E-state index contributed by atoms with van der Waals surface area (Å²) in [6.07, 6.45) is 0. The topological polar surface area (TPSA) is 116 Å². The summed E-state index contributed by atoms with van der Waals surface area (Å²) >= 11 is 0. The number of hydrogen-bond acceptors (Lipinski definition) is 7. The number of aromatic amines is 2. The van der Waals surface area contributed by atoms with Crippen molar-refractivity contribution in [2.45, 2.75) is 6.92 Å². The van der Waals surface area contributed by atoms with Crippen molar-refractivity contribution in [1.29, 1.82) is 5.26 Å². The first kappa shape index (κ1) is 19.8. The Hall–Kier alpha value is -4.16. The van der Waals surface area contributed by atoms with Gasteiger partial charge >= 0.3 is 5.95 Å². The van der Waals surface area contributed by atoms with Gasteiger partial charge in [0.25, 0.3) is 0 Å². The lowest BCUT2D eigenvalue weighted by Gasteiger charge is -2.24. The zero-order valence-corrected chi connectivity index (χ0v) is 17.6. The molecule has 1 aliphatic heterocycles. The number of H-pyrrole nitrogens is 2. The summed E-state index contributed by atoms with van der Waals surface area (Å²) in [5.74, 6) is 2.09. The minimum atomic E-state index is 0.567. The predicted octanol–water partition coefficient (Wildman–Crippen LogP) is 3.28. The molecule has 0 saturated carbocycles. The number of nitriles is 1. The summed E-state index contributed by atoms with van der Waals surface area (Å²) in [5, 5.41) is 15.6. The van der Waals surface area contributed by atoms with E-state index in [-0.39, 0.29) is 0 Å². The average molecular weight is 427 g/mol. The van der Waals surface area contributed by atoms with E-state index in [9.17, 15) is 0 Å². The fourth-order valence-electron chi connectivity index (χ4n) is 3.69. The molecule has 160 valence electrons. The van der Waals surface area contributed by atoms with E-state index in [1.54, 1.807) is 12.1 Å². The molecule has 0 amide bonds. The molecule has 0 unspecified atom stereocenters. The van der Waals surface area contributed by atoms with Crippen molar-refractivity contribution in [3.8, 4) is 6.07 Å². The van der Waals surface area contributed by atoms with Gasteiger partial charge in [-0.25, -0.2) is 4.98 Å². The van der Waals surface area contributed by atoms with Crippen LogP contribution in [0.25, 0.3) is 11.2 Å². The molecule has 1 aliphatic rings. The summed E-state index contributed by atoms with van der Waals surface area (Å²) in [6, 6.07) is 17.5. The van der Waals surface area contributed by atoms with Crippen molar-refractivity contribution in [2.75, 3.05) is 41.8 Å². The van der Waals surface area contributed by atoms with Gasteiger partial charge in [-0.3, -0.25) is 5.32 Å². The quantitative estimate of drug-likeness (QED) is 0.448. The Bertz CT molecular complexity index is 1290. The van der Waals surface area contributed by atoms with Crippen molar-refractivity contribution in [1.82, 2.24) is 15.0 Å². The van der Waals surface area contributed by atoms with Crippen LogP contribution in [0.3, 0.4) is 0 Å². The monoisotopic (exact) mass is 427 g/mol. The highest BCUT2D eigenvalue weighted by Gasteiger charge is 2.24. The Morgan fingerprint density at radius 2 is 1.88 bits per heavy atom. The molecule has 9 heteroatoms. The molecule has 0 aliphatic carbocycles. The highest BCUT2D eigenvalue weighted by molar-refractivity contribution is 5.85. The summed E-state index contributed by atoms with van der Waals surface area (Å²) in [4.78, 5) is 18.4. The van der Waals surface area contributed by atoms with E-state index >= 15 is 0 Å². The molecule has 2 aromatic carbocycles. The Morgan fingerprint density at radius 3 is 2.62 bits per heavy atom. The molecule has 5 rings (SSSR count). The molecule has 1 fully saturated rings. The highest BCUT2D eigenvalue weighted by atomic mass is 16.5. The fourth-order valence-corrected chi connectivity index (χ4v) is 3.69. The molecular weight excluding hydrogens is 404 g/mol. The second kappa shape index (κ2) is 8.53. The summed E-state index contributed by atoms with van der Waals surface area (Å²) in [5.41, 5.74) is 4.98. The molecule has 1 saturated heterocycles. The average Bonchev–Trinajstić information content (AvgIpc) is 3.22. The Labute approximate surface area is 185 Å². The molecule has 0 atom stereocenters. The number of imidazole rings is 1. The number of nitrogens with zero attached hydrogens (tertiary/aromatic N) is 4. The van der Waals surface area contributed by atoms with Crippen LogP contribution in [0.1, 0.15) is 11.1 Å². The van der Waals surface area contributed by atoms with Crippen LogP contribution in [0.2, 0.25) is 0 Å². The van der Waals surface area contributed by atoms with Crippen molar-refractivity contribution < 1.29 is 9.72 Å². The predicted molar refractivity (Wildman–Crippen MR) is 122 cm³/mol. The zero-order chi connectivity index (χ0) is 21.9. The van der Waals surface area contributed by atoms with Crippen molar-refractivity contribution in [3.05, 3.63) is 59.7 Å². The van der Waals surface area contributed by atoms with Gasteiger partial charge in [0.15, 0.2) is 5.52 Å². The van der Waals surface area contributed by atoms with Gasteiger partial charge in [0.05, 0.1) is 43.6 Å². The lowest BCUT2D eigenvalue weighted by Crippen LogP contribution is -2.40. The van der Waals surface area contributed by atoms with Gasteiger partial charge in [-0.05, 0) is 48.9 Å². The van der Waals surface area contributed by atoms with Crippen LogP contribution >= 0.6 is 0 Å². The minimum absolute atomic E-state index is 0.567. The molecule has 2 aromatic heterocycles. The number of hydrogen-bond donors (Lipinski definition) is 3. The largest absolute Gasteiger partial charge is 0.376 e. The van der Waals surface area contributed by atoms with Crippen molar-refractivity contribution in [2.24, 2.45) is 0 Å². The molecular formula is C23H23N8O+. The van der Waals surface area contributed by atoms with Crippen LogP contribution in [0.15, 0.2) is 48.5 Å². The Balaban J connectivity index is 1.51. The van der Waals surface area contributed by atoms with Crippen molar-refractivity contribution in [3.63, 3.8) is 0 Å². The van der Waals surface area contributed by atoms with Gasteiger partial charge in [-0.2, -0.15) is 10.2 Å². The number of morpholine rings is 1. The number of fused-ring (bicyclic) bond motifs is 1.